The van der Waals surface area contributed by atoms with Crippen molar-refractivity contribution < 1.29 is 4.79 Å². The summed E-state index contributed by atoms with van der Waals surface area (Å²) in [5.41, 5.74) is 0. The van der Waals surface area contributed by atoms with E-state index >= 15 is 0 Å². The summed E-state index contributed by atoms with van der Waals surface area (Å²) >= 11 is 0. The van der Waals surface area contributed by atoms with Gasteiger partial charge in [0.2, 0.25) is 0 Å². The van der Waals surface area contributed by atoms with Crippen molar-refractivity contribution in [2.75, 3.05) is 40.8 Å². The number of rotatable bonds is 3. The minimum absolute atomic E-state index is 0.123. The SMILES string of the molecule is CCN(C)C(=O)N(C)CC1CCCN1C. The van der Waals surface area contributed by atoms with Gasteiger partial charge in [0.05, 0.1) is 0 Å². The van der Waals surface area contributed by atoms with Crippen molar-refractivity contribution in [1.82, 2.24) is 14.7 Å². The highest BCUT2D eigenvalue weighted by Crippen LogP contribution is 2.15. The van der Waals surface area contributed by atoms with E-state index in [0.717, 1.165) is 19.6 Å². The Bertz CT molecular complexity index is 220. The molecule has 2 amide bonds. The second-order valence-corrected chi connectivity index (χ2v) is 4.45. The third-order valence-corrected chi connectivity index (χ3v) is 3.28. The zero-order valence-corrected chi connectivity index (χ0v) is 10.4. The van der Waals surface area contributed by atoms with Crippen LogP contribution in [0.5, 0.6) is 0 Å². The van der Waals surface area contributed by atoms with E-state index < -0.39 is 0 Å². The maximum absolute atomic E-state index is 11.8. The number of hydrogen-bond acceptors (Lipinski definition) is 2. The van der Waals surface area contributed by atoms with Crippen molar-refractivity contribution in [3.63, 3.8) is 0 Å². The molecule has 1 heterocycles. The van der Waals surface area contributed by atoms with Crippen molar-refractivity contribution >= 4 is 6.03 Å². The Balaban J connectivity index is 2.40. The molecule has 1 aliphatic rings. The second kappa shape index (κ2) is 5.35. The first-order valence-corrected chi connectivity index (χ1v) is 5.72. The van der Waals surface area contributed by atoms with Crippen LogP contribution in [0.4, 0.5) is 4.79 Å². The molecular weight excluding hydrogens is 190 g/mol. The van der Waals surface area contributed by atoms with Gasteiger partial charge in [0.15, 0.2) is 0 Å². The lowest BCUT2D eigenvalue weighted by Crippen LogP contribution is -2.44. The van der Waals surface area contributed by atoms with Crippen LogP contribution in [0.2, 0.25) is 0 Å². The molecule has 0 aromatic heterocycles. The summed E-state index contributed by atoms with van der Waals surface area (Å²) in [7, 11) is 5.87. The van der Waals surface area contributed by atoms with Crippen LogP contribution in [-0.2, 0) is 0 Å². The van der Waals surface area contributed by atoms with Crippen molar-refractivity contribution in [2.24, 2.45) is 0 Å². The van der Waals surface area contributed by atoms with Crippen molar-refractivity contribution in [3.05, 3.63) is 0 Å². The van der Waals surface area contributed by atoms with E-state index in [9.17, 15) is 4.79 Å². The number of likely N-dealkylation sites (N-methyl/N-ethyl adjacent to an activating group) is 2. The standard InChI is InChI=1S/C11H23N3O/c1-5-12(2)11(15)14(4)9-10-7-6-8-13(10)3/h10H,5-9H2,1-4H3. The Morgan fingerprint density at radius 1 is 1.40 bits per heavy atom. The van der Waals surface area contributed by atoms with Gasteiger partial charge in [-0.15, -0.1) is 0 Å². The highest BCUT2D eigenvalue weighted by molar-refractivity contribution is 5.73. The van der Waals surface area contributed by atoms with E-state index in [4.69, 9.17) is 0 Å². The predicted molar refractivity (Wildman–Crippen MR) is 62.0 cm³/mol. The van der Waals surface area contributed by atoms with Gasteiger partial charge in [0, 0.05) is 33.2 Å². The first kappa shape index (κ1) is 12.3. The van der Waals surface area contributed by atoms with Crippen LogP contribution in [0.1, 0.15) is 19.8 Å². The Morgan fingerprint density at radius 3 is 2.53 bits per heavy atom. The number of urea groups is 1. The van der Waals surface area contributed by atoms with Crippen molar-refractivity contribution in [1.29, 1.82) is 0 Å². The summed E-state index contributed by atoms with van der Waals surface area (Å²) < 4.78 is 0. The Kier molecular flexibility index (Phi) is 4.39. The molecule has 0 bridgehead atoms. The van der Waals surface area contributed by atoms with Gasteiger partial charge < -0.3 is 14.7 Å². The number of nitrogens with zero attached hydrogens (tertiary/aromatic N) is 3. The Hall–Kier alpha value is -0.770. The molecule has 0 radical (unpaired) electrons. The normalized spacial score (nSPS) is 21.7. The largest absolute Gasteiger partial charge is 0.328 e. The van der Waals surface area contributed by atoms with E-state index in [-0.39, 0.29) is 6.03 Å². The topological polar surface area (TPSA) is 26.8 Å². The molecule has 4 heteroatoms. The summed E-state index contributed by atoms with van der Waals surface area (Å²) in [6.45, 7) is 4.77. The van der Waals surface area contributed by atoms with Crippen LogP contribution < -0.4 is 0 Å². The van der Waals surface area contributed by atoms with E-state index in [2.05, 4.69) is 11.9 Å². The van der Waals surface area contributed by atoms with E-state index in [0.29, 0.717) is 6.04 Å². The number of amides is 2. The number of carbonyl (C=O) groups is 1. The van der Waals surface area contributed by atoms with Crippen molar-refractivity contribution in [2.45, 2.75) is 25.8 Å². The number of hydrogen-bond donors (Lipinski definition) is 0. The van der Waals surface area contributed by atoms with E-state index in [1.54, 1.807) is 4.90 Å². The summed E-state index contributed by atoms with van der Waals surface area (Å²) in [5, 5.41) is 0. The van der Waals surface area contributed by atoms with Crippen LogP contribution in [0.25, 0.3) is 0 Å². The second-order valence-electron chi connectivity index (χ2n) is 4.45. The Morgan fingerprint density at radius 2 is 2.07 bits per heavy atom. The summed E-state index contributed by atoms with van der Waals surface area (Å²) in [6, 6.07) is 0.669. The molecule has 0 aliphatic carbocycles. The van der Waals surface area contributed by atoms with Crippen molar-refractivity contribution in [3.8, 4) is 0 Å². The average molecular weight is 213 g/mol. The zero-order chi connectivity index (χ0) is 11.4. The predicted octanol–water partition coefficient (Wildman–Crippen LogP) is 1.08. The molecule has 4 nitrogen and oxygen atoms in total. The fourth-order valence-electron chi connectivity index (χ4n) is 2.03. The maximum atomic E-state index is 11.8. The molecule has 1 aliphatic heterocycles. The number of likely N-dealkylation sites (tertiary alicyclic amines) is 1. The first-order valence-electron chi connectivity index (χ1n) is 5.72. The van der Waals surface area contributed by atoms with Gasteiger partial charge in [-0.1, -0.05) is 0 Å². The van der Waals surface area contributed by atoms with Crippen LogP contribution >= 0.6 is 0 Å². The summed E-state index contributed by atoms with van der Waals surface area (Å²) in [4.78, 5) is 17.7. The highest BCUT2D eigenvalue weighted by atomic mass is 16.2. The molecule has 1 atom stereocenters. The molecule has 0 N–H and O–H groups in total. The molecule has 15 heavy (non-hydrogen) atoms. The summed E-state index contributed by atoms with van der Waals surface area (Å²) in [6.07, 6.45) is 2.47. The highest BCUT2D eigenvalue weighted by Gasteiger charge is 2.24. The minimum Gasteiger partial charge on any atom is -0.328 e. The molecule has 88 valence electrons. The molecule has 1 fully saturated rings. The molecule has 1 saturated heterocycles. The quantitative estimate of drug-likeness (QED) is 0.701. The molecule has 0 aromatic carbocycles. The number of carbonyl (C=O) groups excluding carboxylic acids is 1. The zero-order valence-electron chi connectivity index (χ0n) is 10.4. The van der Waals surface area contributed by atoms with Gasteiger partial charge in [-0.25, -0.2) is 4.79 Å². The smallest absolute Gasteiger partial charge is 0.319 e. The average Bonchev–Trinajstić information content (AvgIpc) is 2.62. The maximum Gasteiger partial charge on any atom is 0.319 e. The van der Waals surface area contributed by atoms with E-state index in [1.165, 1.54) is 12.8 Å². The molecule has 1 unspecified atom stereocenters. The van der Waals surface area contributed by atoms with Crippen LogP contribution in [-0.4, -0.2) is 67.5 Å². The van der Waals surface area contributed by atoms with Crippen LogP contribution in [0.15, 0.2) is 0 Å². The van der Waals surface area contributed by atoms with Crippen LogP contribution in [0, 0.1) is 0 Å². The molecular formula is C11H23N3O. The van der Waals surface area contributed by atoms with Gasteiger partial charge in [-0.05, 0) is 33.4 Å². The third-order valence-electron chi connectivity index (χ3n) is 3.28. The van der Waals surface area contributed by atoms with Gasteiger partial charge in [-0.2, -0.15) is 0 Å². The minimum atomic E-state index is 0.123. The molecule has 0 aromatic rings. The summed E-state index contributed by atoms with van der Waals surface area (Å²) in [5.74, 6) is 0. The molecule has 0 saturated carbocycles. The van der Waals surface area contributed by atoms with Gasteiger partial charge in [-0.3, -0.25) is 0 Å². The fourth-order valence-corrected chi connectivity index (χ4v) is 2.03. The fraction of sp³-hybridized carbons (Fsp3) is 0.909. The van der Waals surface area contributed by atoms with Gasteiger partial charge >= 0.3 is 6.03 Å². The van der Waals surface area contributed by atoms with Crippen LogP contribution in [0.3, 0.4) is 0 Å². The lowest BCUT2D eigenvalue weighted by atomic mass is 10.2. The Labute approximate surface area is 92.8 Å². The molecule has 0 spiro atoms. The molecule has 1 rings (SSSR count). The van der Waals surface area contributed by atoms with Gasteiger partial charge in [0.1, 0.15) is 0 Å². The van der Waals surface area contributed by atoms with E-state index in [1.807, 2.05) is 25.9 Å². The first-order chi connectivity index (χ1) is 7.06. The van der Waals surface area contributed by atoms with Gasteiger partial charge in [0.25, 0.3) is 0 Å². The monoisotopic (exact) mass is 213 g/mol. The lowest BCUT2D eigenvalue weighted by molar-refractivity contribution is 0.160. The lowest BCUT2D eigenvalue weighted by Gasteiger charge is -2.28. The third kappa shape index (κ3) is 3.09.